The van der Waals surface area contributed by atoms with E-state index in [1.807, 2.05) is 19.6 Å². The molecular weight excluding hydrogens is 240 g/mol. The second kappa shape index (κ2) is 8.64. The summed E-state index contributed by atoms with van der Waals surface area (Å²) in [7, 11) is -1.36. The predicted molar refractivity (Wildman–Crippen MR) is 42.2 cm³/mol. The Hall–Kier alpha value is 1.64. The van der Waals surface area contributed by atoms with Gasteiger partial charge in [0.05, 0.1) is 0 Å². The van der Waals surface area contributed by atoms with E-state index in [-0.39, 0.29) is 51.0 Å². The summed E-state index contributed by atoms with van der Waals surface area (Å²) in [6.45, 7) is 5.98. The third-order valence-electron chi connectivity index (χ3n) is 0. The molecule has 0 aliphatic heterocycles. The molecule has 0 heterocycles. The van der Waals surface area contributed by atoms with Gasteiger partial charge >= 0.3 is 0 Å². The topological polar surface area (TPSA) is 23.8 Å². The Morgan fingerprint density at radius 1 is 1.00 bits per heavy atom. The molecule has 5 heteroatoms. The molecule has 8 heavy (non-hydrogen) atoms. The van der Waals surface area contributed by atoms with Crippen molar-refractivity contribution in [2.75, 3.05) is 0 Å². The Kier molecular flexibility index (Phi) is 24.4. The number of hydrogen-bond acceptors (Lipinski definition) is 0. The molecule has 0 unspecified atom stereocenters. The van der Waals surface area contributed by atoms with Crippen LogP contribution in [0.25, 0.3) is 5.40 Å². The van der Waals surface area contributed by atoms with E-state index in [2.05, 4.69) is 0 Å². The summed E-state index contributed by atoms with van der Waals surface area (Å²) in [6, 6.07) is 0. The Labute approximate surface area is 83.8 Å². The maximum Gasteiger partial charge on any atom is 0 e. The molecule has 0 saturated heterocycles. The van der Waals surface area contributed by atoms with Crippen molar-refractivity contribution >= 4 is 33.0 Å². The molecule has 0 aromatic carbocycles. The summed E-state index contributed by atoms with van der Waals surface area (Å²) >= 11 is 0. The van der Waals surface area contributed by atoms with Gasteiger partial charge in [-0.25, -0.2) is 0 Å². The van der Waals surface area contributed by atoms with Gasteiger partial charge in [-0.3, -0.25) is 0 Å². The Balaban J connectivity index is -0.0000000267. The minimum atomic E-state index is -1.36. The second-order valence-corrected chi connectivity index (χ2v) is 6.75. The van der Waals surface area contributed by atoms with Crippen molar-refractivity contribution < 1.29 is 26.2 Å². The van der Waals surface area contributed by atoms with Gasteiger partial charge in [-0.15, -0.1) is 24.8 Å². The molecule has 0 aliphatic carbocycles. The molecule has 0 rings (SSSR count). The third kappa shape index (κ3) is 125. The molecule has 0 saturated carbocycles. The van der Waals surface area contributed by atoms with Crippen LogP contribution in [0.3, 0.4) is 0 Å². The first-order valence-electron chi connectivity index (χ1n) is 1.75. The van der Waals surface area contributed by atoms with Gasteiger partial charge in [0, 0.05) is 26.2 Å². The van der Waals surface area contributed by atoms with Crippen molar-refractivity contribution in [2.24, 2.45) is 0 Å². The third-order valence-corrected chi connectivity index (χ3v) is 0. The van der Waals surface area contributed by atoms with E-state index in [4.69, 9.17) is 5.40 Å². The minimum Gasteiger partial charge on any atom is -0.680 e. The molecule has 1 nitrogen and oxygen atoms in total. The fourth-order valence-electron chi connectivity index (χ4n) is 0. The first kappa shape index (κ1) is 22.6. The monoisotopic (exact) mass is 250 g/mol. The molecule has 0 spiro atoms. The Morgan fingerprint density at radius 2 is 1.00 bits per heavy atom. The van der Waals surface area contributed by atoms with Crippen LogP contribution in [-0.2, 0) is 26.2 Å². The molecular formula is C3H12Cl2NSiZr-. The molecule has 0 aromatic heterocycles. The molecule has 0 aromatic rings. The second-order valence-electron chi connectivity index (χ2n) is 2.25. The van der Waals surface area contributed by atoms with Crippen molar-refractivity contribution in [1.29, 1.82) is 0 Å². The van der Waals surface area contributed by atoms with Crippen molar-refractivity contribution in [3.05, 3.63) is 5.40 Å². The maximum atomic E-state index is 7.08. The van der Waals surface area contributed by atoms with Crippen LogP contribution in [0.4, 0.5) is 0 Å². The summed E-state index contributed by atoms with van der Waals surface area (Å²) in [5, 5.41) is 7.08. The summed E-state index contributed by atoms with van der Waals surface area (Å²) in [4.78, 5) is 0. The molecule has 0 atom stereocenters. The Bertz CT molecular complexity index is 32.8. The largest absolute Gasteiger partial charge is 0.680 e. The molecule has 0 amide bonds. The van der Waals surface area contributed by atoms with Crippen LogP contribution in [-0.4, -0.2) is 8.24 Å². The van der Waals surface area contributed by atoms with Crippen LogP contribution in [0.15, 0.2) is 0 Å². The number of nitrogens with one attached hydrogen (secondary N) is 1. The average Bonchev–Trinajstić information content (AvgIpc) is 0.722. The van der Waals surface area contributed by atoms with Crippen molar-refractivity contribution in [2.45, 2.75) is 19.6 Å². The van der Waals surface area contributed by atoms with Crippen LogP contribution < -0.4 is 0 Å². The smallest absolute Gasteiger partial charge is 0 e. The zero-order chi connectivity index (χ0) is 4.50. The summed E-state index contributed by atoms with van der Waals surface area (Å²) in [5.41, 5.74) is 0. The molecule has 0 aliphatic rings. The standard InChI is InChI=1S/C3H10NSi.2ClH.Zr/c1-5(2,3)4;;;/h4H,1-3H3;2*1H;/q-1;;;. The van der Waals surface area contributed by atoms with Gasteiger partial charge in [0.1, 0.15) is 0 Å². The van der Waals surface area contributed by atoms with Gasteiger partial charge in [0.2, 0.25) is 0 Å². The van der Waals surface area contributed by atoms with Crippen molar-refractivity contribution in [3.8, 4) is 0 Å². The van der Waals surface area contributed by atoms with Crippen LogP contribution in [0.1, 0.15) is 0 Å². The van der Waals surface area contributed by atoms with Crippen molar-refractivity contribution in [3.63, 3.8) is 0 Å². The van der Waals surface area contributed by atoms with Crippen LogP contribution >= 0.6 is 24.8 Å². The van der Waals surface area contributed by atoms with E-state index in [0.717, 1.165) is 0 Å². The van der Waals surface area contributed by atoms with Crippen LogP contribution in [0, 0.1) is 0 Å². The maximum absolute atomic E-state index is 7.08. The number of rotatable bonds is 0. The van der Waals surface area contributed by atoms with E-state index in [0.29, 0.717) is 0 Å². The zero-order valence-electron chi connectivity index (χ0n) is 5.32. The fraction of sp³-hybridized carbons (Fsp3) is 1.00. The zero-order valence-corrected chi connectivity index (χ0v) is 10.4. The number of hydrogen-bond donors (Lipinski definition) is 0. The SMILES string of the molecule is C[Si](C)(C)[NH-].Cl.Cl.[Zr]. The van der Waals surface area contributed by atoms with E-state index < -0.39 is 8.24 Å². The van der Waals surface area contributed by atoms with Crippen LogP contribution in [0.2, 0.25) is 19.6 Å². The minimum absolute atomic E-state index is 0. The normalized spacial score (nSPS) is 7.50. The van der Waals surface area contributed by atoms with Crippen LogP contribution in [0.5, 0.6) is 0 Å². The summed E-state index contributed by atoms with van der Waals surface area (Å²) in [5.74, 6) is 0. The molecule has 0 radical (unpaired) electrons. The van der Waals surface area contributed by atoms with Gasteiger partial charge in [0.25, 0.3) is 0 Å². The van der Waals surface area contributed by atoms with Gasteiger partial charge in [-0.05, 0) is 0 Å². The molecule has 52 valence electrons. The first-order valence-corrected chi connectivity index (χ1v) is 5.25. The molecule has 0 bridgehead atoms. The van der Waals surface area contributed by atoms with Gasteiger partial charge < -0.3 is 5.40 Å². The first-order chi connectivity index (χ1) is 2.00. The van der Waals surface area contributed by atoms with E-state index in [1.165, 1.54) is 0 Å². The molecule has 0 fully saturated rings. The van der Waals surface area contributed by atoms with Crippen molar-refractivity contribution in [1.82, 2.24) is 0 Å². The summed E-state index contributed by atoms with van der Waals surface area (Å²) in [6.07, 6.45) is 0. The Morgan fingerprint density at radius 3 is 1.00 bits per heavy atom. The molecule has 1 N–H and O–H groups in total. The average molecular weight is 252 g/mol. The summed E-state index contributed by atoms with van der Waals surface area (Å²) < 4.78 is 0. The van der Waals surface area contributed by atoms with E-state index in [9.17, 15) is 0 Å². The van der Waals surface area contributed by atoms with E-state index in [1.54, 1.807) is 0 Å². The predicted octanol–water partition coefficient (Wildman–Crippen LogP) is 2.71. The quantitative estimate of drug-likeness (QED) is 0.592. The van der Waals surface area contributed by atoms with E-state index >= 15 is 0 Å². The van der Waals surface area contributed by atoms with Gasteiger partial charge in [-0.1, -0.05) is 27.9 Å². The van der Waals surface area contributed by atoms with Gasteiger partial charge in [0.15, 0.2) is 0 Å². The number of halogens is 2. The fourth-order valence-corrected chi connectivity index (χ4v) is 0. The van der Waals surface area contributed by atoms with Gasteiger partial charge in [-0.2, -0.15) is 0 Å².